The highest BCUT2D eigenvalue weighted by Gasteiger charge is 2.63. The summed E-state index contributed by atoms with van der Waals surface area (Å²) in [5, 5.41) is 14.4. The van der Waals surface area contributed by atoms with Gasteiger partial charge in [0, 0.05) is 45.7 Å². The monoisotopic (exact) mass is 1400 g/mol. The summed E-state index contributed by atoms with van der Waals surface area (Å²) in [5.41, 5.74) is -4.76. The van der Waals surface area contributed by atoms with Crippen molar-refractivity contribution in [3.63, 3.8) is 0 Å². The van der Waals surface area contributed by atoms with Crippen molar-refractivity contribution >= 4 is 63.6 Å². The number of aromatic amines is 2. The molecule has 6 aromatic carbocycles. The van der Waals surface area contributed by atoms with Crippen LogP contribution in [0.2, 0.25) is 10.1 Å². The van der Waals surface area contributed by atoms with Crippen LogP contribution < -0.4 is 43.2 Å². The first kappa shape index (κ1) is 73.4. The number of hydrogen-bond donors (Lipinski definition) is 3. The van der Waals surface area contributed by atoms with E-state index >= 15 is 0 Å². The van der Waals surface area contributed by atoms with Crippen molar-refractivity contribution in [3.8, 4) is 0 Å². The van der Waals surface area contributed by atoms with Gasteiger partial charge in [-0.3, -0.25) is 41.9 Å². The first-order chi connectivity index (χ1) is 45.9. The van der Waals surface area contributed by atoms with Crippen LogP contribution in [0.4, 0.5) is 0 Å². The molecule has 10 rings (SSSR count). The SMILES string of the molecule is CO[C@H]1[C@@H](OC(C)=O)[C@H](n2ccc(=O)[nH]c2=O)O[C@@]1(CO[Si](c1ccccc1)(c1ccccc1)C(C)(C)C)COS(=O)(=O)c1ccc(C)cc1.CO[C@H]1[C@H](O)[C@H](n2ccc(=O)[nH]c2=O)O[C@@]1(CO[Si](c1ccccc1)(c1ccccc1)C(C)(C)C)COS(=O)(=O)c1ccc(C)cc1. The van der Waals surface area contributed by atoms with Gasteiger partial charge in [0.1, 0.15) is 42.7 Å². The highest BCUT2D eigenvalue weighted by molar-refractivity contribution is 7.87. The van der Waals surface area contributed by atoms with Crippen LogP contribution in [0.15, 0.2) is 223 Å². The summed E-state index contributed by atoms with van der Waals surface area (Å²) in [7, 11) is -12.5. The quantitative estimate of drug-likeness (QED) is 0.0404. The molecule has 0 unspecified atom stereocenters. The molecule has 8 aromatic rings. The third kappa shape index (κ3) is 15.4. The molecule has 8 atom stereocenters. The molecule has 2 fully saturated rings. The zero-order chi connectivity index (χ0) is 70.4. The van der Waals surface area contributed by atoms with E-state index in [1.807, 2.05) is 135 Å². The third-order valence-corrected chi connectivity index (χ3v) is 29.9. The molecular weight excluding hydrogens is 1320 g/mol. The fraction of sp³-hybridized carbons (Fsp3) is 0.357. The summed E-state index contributed by atoms with van der Waals surface area (Å²) in [6.07, 6.45) is -5.58. The van der Waals surface area contributed by atoms with E-state index < -0.39 is 137 Å². The van der Waals surface area contributed by atoms with E-state index in [0.717, 1.165) is 53.1 Å². The molecule has 2 saturated heterocycles. The zero-order valence-corrected chi connectivity index (χ0v) is 59.4. The van der Waals surface area contributed by atoms with E-state index in [1.165, 1.54) is 57.8 Å². The summed E-state index contributed by atoms with van der Waals surface area (Å²) in [4.78, 5) is 66.5. The van der Waals surface area contributed by atoms with Crippen molar-refractivity contribution in [2.45, 2.75) is 130 Å². The van der Waals surface area contributed by atoms with Gasteiger partial charge < -0.3 is 37.6 Å². The lowest BCUT2D eigenvalue weighted by Gasteiger charge is -2.45. The van der Waals surface area contributed by atoms with Gasteiger partial charge in [0.15, 0.2) is 18.6 Å². The minimum atomic E-state index is -4.36. The molecule has 27 heteroatoms. The van der Waals surface area contributed by atoms with Gasteiger partial charge in [-0.05, 0) is 68.9 Å². The van der Waals surface area contributed by atoms with Crippen molar-refractivity contribution < 1.29 is 67.6 Å². The molecule has 23 nitrogen and oxygen atoms in total. The van der Waals surface area contributed by atoms with Gasteiger partial charge in [-0.15, -0.1) is 0 Å². The Kier molecular flexibility index (Phi) is 22.5. The first-order valence-corrected chi connectivity index (χ1v) is 37.8. The minimum absolute atomic E-state index is 0.0629. The Morgan fingerprint density at radius 3 is 1.15 bits per heavy atom. The van der Waals surface area contributed by atoms with Crippen molar-refractivity contribution in [3.05, 3.63) is 247 Å². The number of methoxy groups -OCH3 is 2. The Morgan fingerprint density at radius 2 is 0.835 bits per heavy atom. The van der Waals surface area contributed by atoms with E-state index in [4.69, 9.17) is 40.9 Å². The van der Waals surface area contributed by atoms with Crippen molar-refractivity contribution in [1.29, 1.82) is 0 Å². The molecule has 0 aliphatic carbocycles. The number of ether oxygens (including phenoxy) is 5. The molecule has 2 aliphatic rings. The summed E-state index contributed by atoms with van der Waals surface area (Å²) in [5.74, 6) is -0.708. The summed E-state index contributed by atoms with van der Waals surface area (Å²) in [6.45, 7) is 15.5. The van der Waals surface area contributed by atoms with Crippen LogP contribution in [0.25, 0.3) is 0 Å². The maximum atomic E-state index is 13.6. The molecule has 0 bridgehead atoms. The predicted molar refractivity (Wildman–Crippen MR) is 367 cm³/mol. The summed E-state index contributed by atoms with van der Waals surface area (Å²) in [6, 6.07) is 53.8. The number of H-pyrrole nitrogens is 2. The Labute approximate surface area is 565 Å². The minimum Gasteiger partial charge on any atom is -0.455 e. The van der Waals surface area contributed by atoms with Crippen molar-refractivity contribution in [1.82, 2.24) is 19.1 Å². The van der Waals surface area contributed by atoms with Gasteiger partial charge in [0.2, 0.25) is 0 Å². The van der Waals surface area contributed by atoms with Gasteiger partial charge >= 0.3 is 17.3 Å². The zero-order valence-electron chi connectivity index (χ0n) is 55.8. The van der Waals surface area contributed by atoms with Gasteiger partial charge in [-0.2, -0.15) is 16.8 Å². The number of aliphatic hydroxyl groups excluding tert-OH is 1. The lowest BCUT2D eigenvalue weighted by atomic mass is 9.96. The molecule has 0 spiro atoms. The fourth-order valence-electron chi connectivity index (χ4n) is 12.8. The average molecular weight is 1400 g/mol. The van der Waals surface area contributed by atoms with Gasteiger partial charge in [-0.25, -0.2) is 9.59 Å². The topological polar surface area (TPSA) is 298 Å². The summed E-state index contributed by atoms with van der Waals surface area (Å²) < 4.78 is 113. The lowest BCUT2D eigenvalue weighted by Crippen LogP contribution is -2.68. The largest absolute Gasteiger partial charge is 0.455 e. The Balaban J connectivity index is 0.000000228. The lowest BCUT2D eigenvalue weighted by molar-refractivity contribution is -0.157. The third-order valence-electron chi connectivity index (χ3n) is 17.4. The van der Waals surface area contributed by atoms with E-state index in [9.17, 15) is 45.9 Å². The molecule has 2 aromatic heterocycles. The molecular formula is C70H82N4O19S2Si2. The van der Waals surface area contributed by atoms with Gasteiger partial charge in [0.05, 0.1) is 23.0 Å². The van der Waals surface area contributed by atoms with E-state index in [2.05, 4.69) is 51.5 Å². The number of hydrogen-bond acceptors (Lipinski definition) is 19. The Morgan fingerprint density at radius 1 is 0.505 bits per heavy atom. The van der Waals surface area contributed by atoms with Crippen molar-refractivity contribution in [2.75, 3.05) is 40.6 Å². The molecule has 516 valence electrons. The van der Waals surface area contributed by atoms with Gasteiger partial charge in [0.25, 0.3) is 48.0 Å². The second-order valence-corrected chi connectivity index (χ2v) is 37.9. The van der Waals surface area contributed by atoms with Gasteiger partial charge in [-0.1, -0.05) is 198 Å². The summed E-state index contributed by atoms with van der Waals surface area (Å²) >= 11 is 0. The molecule has 0 radical (unpaired) electrons. The maximum absolute atomic E-state index is 13.6. The van der Waals surface area contributed by atoms with Crippen molar-refractivity contribution in [2.24, 2.45) is 0 Å². The first-order valence-electron chi connectivity index (χ1n) is 31.2. The number of aromatic nitrogens is 4. The Bertz CT molecular complexity index is 4400. The number of aryl methyl sites for hydroxylation is 2. The number of nitrogens with one attached hydrogen (secondary N) is 2. The van der Waals surface area contributed by atoms with E-state index in [0.29, 0.717) is 0 Å². The molecule has 0 amide bonds. The van der Waals surface area contributed by atoms with Crippen LogP contribution in [-0.4, -0.2) is 140 Å². The number of rotatable bonds is 23. The smallest absolute Gasteiger partial charge is 0.330 e. The maximum Gasteiger partial charge on any atom is 0.330 e. The number of benzene rings is 6. The van der Waals surface area contributed by atoms with E-state index in [1.54, 1.807) is 24.3 Å². The highest BCUT2D eigenvalue weighted by Crippen LogP contribution is 2.46. The highest BCUT2D eigenvalue weighted by atomic mass is 32.2. The molecule has 4 heterocycles. The number of aliphatic hydroxyl groups is 1. The molecule has 97 heavy (non-hydrogen) atoms. The number of carbonyl (C=O) groups excluding carboxylic acids is 1. The standard InChI is InChI=1S/C36H42N2O10SSi.C34H40N2O9SSi/c1-25-17-19-27(20-18-25)49(42,43)45-23-36(32(44-6)31(47-26(2)39)33(48-36)38-22-21-30(40)37-34(38)41)24-46-50(35(3,4)5,28-13-9-7-10-14-28)29-15-11-8-12-16-29;1-24-16-18-25(19-17-24)46(40,41)43-22-34(30(42-5)29(38)31(45-34)36-21-20-28(37)35-32(36)39)23-44-47(33(2,3)4,26-12-8-6-9-13-26)27-14-10-7-11-15-27/h7-22,31-33H,23-24H2,1-6H3,(H,37,40,41);6-21,29-31,38H,22-23H2,1-5H3,(H,35,37,39)/t31-,32+,33-,36-;29-,30-,31+,34+/m10/s1. The van der Waals surface area contributed by atoms with E-state index in [-0.39, 0.29) is 23.0 Å². The van der Waals surface area contributed by atoms with Crippen LogP contribution in [0.3, 0.4) is 0 Å². The predicted octanol–water partition coefficient (Wildman–Crippen LogP) is 5.51. The number of carbonyl (C=O) groups is 1. The average Bonchev–Trinajstić information content (AvgIpc) is 1.68. The van der Waals surface area contributed by atoms with Crippen LogP contribution in [-0.2, 0) is 65.9 Å². The van der Waals surface area contributed by atoms with Crippen LogP contribution in [0, 0.1) is 13.8 Å². The van der Waals surface area contributed by atoms with Crippen LogP contribution >= 0.6 is 0 Å². The fourth-order valence-corrected chi connectivity index (χ4v) is 24.0. The molecule has 3 N–H and O–H groups in total. The van der Waals surface area contributed by atoms with Crippen LogP contribution in [0.1, 0.15) is 72.0 Å². The number of nitrogens with zero attached hydrogens (tertiary/aromatic N) is 2. The molecule has 2 aliphatic heterocycles. The van der Waals surface area contributed by atoms with Crippen LogP contribution in [0.5, 0.6) is 0 Å². The molecule has 0 saturated carbocycles. The second kappa shape index (κ2) is 29.7. The number of esters is 1. The second-order valence-electron chi connectivity index (χ2n) is 26.0. The normalized spacial score (nSPS) is 21.6. The Hall–Kier alpha value is -7.88.